The molecule has 1 fully saturated rings. The van der Waals surface area contributed by atoms with E-state index in [0.717, 1.165) is 11.3 Å². The second-order valence-corrected chi connectivity index (χ2v) is 6.67. The number of hydrogen-bond acceptors (Lipinski definition) is 4. The Kier molecular flexibility index (Phi) is 4.95. The van der Waals surface area contributed by atoms with Gasteiger partial charge >= 0.3 is 0 Å². The summed E-state index contributed by atoms with van der Waals surface area (Å²) < 4.78 is 0. The van der Waals surface area contributed by atoms with Crippen molar-refractivity contribution in [1.82, 2.24) is 4.90 Å². The minimum Gasteiger partial charge on any atom is -0.506 e. The lowest BCUT2D eigenvalue weighted by molar-refractivity contribution is -0.136. The fourth-order valence-electron chi connectivity index (χ4n) is 3.23. The molecule has 2 aromatic rings. The first-order chi connectivity index (χ1) is 12.0. The Hall–Kier alpha value is -2.53. The van der Waals surface area contributed by atoms with E-state index in [4.69, 9.17) is 0 Å². The van der Waals surface area contributed by atoms with Crippen molar-refractivity contribution < 1.29 is 15.0 Å². The van der Waals surface area contributed by atoms with Gasteiger partial charge in [0.15, 0.2) is 0 Å². The average molecular weight is 340 g/mol. The number of anilines is 1. The molecule has 0 bridgehead atoms. The normalized spacial score (nSPS) is 17.2. The highest BCUT2D eigenvalue weighted by atomic mass is 16.3. The molecule has 2 N–H and O–H groups in total. The number of amides is 1. The molecule has 0 radical (unpaired) electrons. The summed E-state index contributed by atoms with van der Waals surface area (Å²) in [6, 6.07) is 16.5. The van der Waals surface area contributed by atoms with Crippen LogP contribution in [0.2, 0.25) is 0 Å². The highest BCUT2D eigenvalue weighted by molar-refractivity contribution is 5.78. The Morgan fingerprint density at radius 3 is 2.24 bits per heavy atom. The maximum absolute atomic E-state index is 12.6. The summed E-state index contributed by atoms with van der Waals surface area (Å²) in [5.74, 6) is 0.208. The number of carbonyl (C=O) groups excluding carboxylic acids is 1. The lowest BCUT2D eigenvalue weighted by Gasteiger charge is -2.37. The standard InChI is InChI=1S/C20H24N2O3/c1-20(25,16-7-3-2-4-8-16)15-19(24)22-13-11-21(12-14-22)17-9-5-6-10-18(17)23/h2-10,23,25H,11-15H2,1H3/t20-/m1/s1. The van der Waals surface area contributed by atoms with Crippen LogP contribution in [0.4, 0.5) is 5.69 Å². The van der Waals surface area contributed by atoms with E-state index in [9.17, 15) is 15.0 Å². The smallest absolute Gasteiger partial charge is 0.225 e. The van der Waals surface area contributed by atoms with Crippen molar-refractivity contribution in [3.8, 4) is 5.75 Å². The van der Waals surface area contributed by atoms with Gasteiger partial charge in [0.05, 0.1) is 17.7 Å². The first kappa shape index (κ1) is 17.3. The molecule has 1 aliphatic heterocycles. The zero-order valence-corrected chi connectivity index (χ0v) is 14.4. The lowest BCUT2D eigenvalue weighted by Crippen LogP contribution is -2.50. The van der Waals surface area contributed by atoms with E-state index < -0.39 is 5.60 Å². The van der Waals surface area contributed by atoms with E-state index >= 15 is 0 Å². The van der Waals surface area contributed by atoms with Gasteiger partial charge in [0, 0.05) is 26.2 Å². The number of aromatic hydroxyl groups is 1. The summed E-state index contributed by atoms with van der Waals surface area (Å²) >= 11 is 0. The topological polar surface area (TPSA) is 64.0 Å². The van der Waals surface area contributed by atoms with Crippen LogP contribution in [-0.4, -0.2) is 47.2 Å². The fraction of sp³-hybridized carbons (Fsp3) is 0.350. The van der Waals surface area contributed by atoms with Crippen molar-refractivity contribution >= 4 is 11.6 Å². The van der Waals surface area contributed by atoms with Crippen molar-refractivity contribution in [2.24, 2.45) is 0 Å². The molecule has 3 rings (SSSR count). The third-order valence-corrected chi connectivity index (χ3v) is 4.75. The van der Waals surface area contributed by atoms with Gasteiger partial charge in [-0.2, -0.15) is 0 Å². The van der Waals surface area contributed by atoms with Crippen LogP contribution in [-0.2, 0) is 10.4 Å². The number of para-hydroxylation sites is 2. The zero-order valence-electron chi connectivity index (χ0n) is 14.4. The Labute approximate surface area is 148 Å². The van der Waals surface area contributed by atoms with E-state index in [0.29, 0.717) is 26.2 Å². The molecule has 1 aliphatic rings. The zero-order chi connectivity index (χ0) is 17.9. The number of nitrogens with zero attached hydrogens (tertiary/aromatic N) is 2. The second-order valence-electron chi connectivity index (χ2n) is 6.67. The lowest BCUT2D eigenvalue weighted by atomic mass is 9.92. The third-order valence-electron chi connectivity index (χ3n) is 4.75. The molecule has 2 aromatic carbocycles. The molecule has 0 aromatic heterocycles. The van der Waals surface area contributed by atoms with Crippen LogP contribution in [0.25, 0.3) is 0 Å². The molecule has 5 heteroatoms. The highest BCUT2D eigenvalue weighted by Crippen LogP contribution is 2.28. The van der Waals surface area contributed by atoms with Crippen molar-refractivity contribution in [3.05, 3.63) is 60.2 Å². The largest absolute Gasteiger partial charge is 0.506 e. The first-order valence-electron chi connectivity index (χ1n) is 8.56. The van der Waals surface area contributed by atoms with Crippen LogP contribution in [0.15, 0.2) is 54.6 Å². The third kappa shape index (κ3) is 3.94. The van der Waals surface area contributed by atoms with Crippen molar-refractivity contribution in [1.29, 1.82) is 0 Å². The van der Waals surface area contributed by atoms with Gasteiger partial charge in [-0.15, -0.1) is 0 Å². The second kappa shape index (κ2) is 7.15. The summed E-state index contributed by atoms with van der Waals surface area (Å²) in [5.41, 5.74) is 0.370. The monoisotopic (exact) mass is 340 g/mol. The van der Waals surface area contributed by atoms with Gasteiger partial charge in [-0.05, 0) is 24.6 Å². The molecule has 5 nitrogen and oxygen atoms in total. The van der Waals surface area contributed by atoms with Crippen molar-refractivity contribution in [2.45, 2.75) is 18.9 Å². The maximum atomic E-state index is 12.6. The molecular formula is C20H24N2O3. The predicted molar refractivity (Wildman–Crippen MR) is 97.5 cm³/mol. The summed E-state index contributed by atoms with van der Waals surface area (Å²) in [6.07, 6.45) is 0.0631. The van der Waals surface area contributed by atoms with Crippen LogP contribution >= 0.6 is 0 Å². The number of piperazine rings is 1. The van der Waals surface area contributed by atoms with Crippen LogP contribution in [0.3, 0.4) is 0 Å². The fourth-order valence-corrected chi connectivity index (χ4v) is 3.23. The predicted octanol–water partition coefficient (Wildman–Crippen LogP) is 2.34. The van der Waals surface area contributed by atoms with Crippen LogP contribution in [0.1, 0.15) is 18.9 Å². The molecule has 0 spiro atoms. The van der Waals surface area contributed by atoms with E-state index in [2.05, 4.69) is 4.90 Å². The van der Waals surface area contributed by atoms with Gasteiger partial charge < -0.3 is 20.0 Å². The molecule has 1 saturated heterocycles. The molecule has 1 amide bonds. The van der Waals surface area contributed by atoms with Gasteiger partial charge in [-0.25, -0.2) is 0 Å². The minimum atomic E-state index is -1.17. The molecular weight excluding hydrogens is 316 g/mol. The van der Waals surface area contributed by atoms with Crippen LogP contribution in [0, 0.1) is 0 Å². The molecule has 1 atom stereocenters. The minimum absolute atomic E-state index is 0.0502. The van der Waals surface area contributed by atoms with Crippen molar-refractivity contribution in [3.63, 3.8) is 0 Å². The van der Waals surface area contributed by atoms with E-state index in [-0.39, 0.29) is 18.1 Å². The number of rotatable bonds is 4. The molecule has 0 saturated carbocycles. The summed E-state index contributed by atoms with van der Waals surface area (Å²) in [5, 5.41) is 20.6. The molecule has 0 unspecified atom stereocenters. The summed E-state index contributed by atoms with van der Waals surface area (Å²) in [4.78, 5) is 16.5. The van der Waals surface area contributed by atoms with Crippen molar-refractivity contribution in [2.75, 3.05) is 31.1 Å². The van der Waals surface area contributed by atoms with Gasteiger partial charge in [-0.3, -0.25) is 4.79 Å². The van der Waals surface area contributed by atoms with Gasteiger partial charge in [0.1, 0.15) is 5.75 Å². The van der Waals surface area contributed by atoms with Gasteiger partial charge in [0.25, 0.3) is 0 Å². The number of carbonyl (C=O) groups is 1. The number of benzene rings is 2. The van der Waals surface area contributed by atoms with E-state index in [1.165, 1.54) is 0 Å². The van der Waals surface area contributed by atoms with E-state index in [1.54, 1.807) is 24.0 Å². The van der Waals surface area contributed by atoms with Crippen LogP contribution < -0.4 is 4.90 Å². The number of phenols is 1. The van der Waals surface area contributed by atoms with Gasteiger partial charge in [0.2, 0.25) is 5.91 Å². The molecule has 0 aliphatic carbocycles. The quantitative estimate of drug-likeness (QED) is 0.897. The number of aliphatic hydroxyl groups is 1. The highest BCUT2D eigenvalue weighted by Gasteiger charge is 2.30. The SMILES string of the molecule is C[C@@](O)(CC(=O)N1CCN(c2ccccc2O)CC1)c1ccccc1. The Morgan fingerprint density at radius 1 is 1.00 bits per heavy atom. The first-order valence-corrected chi connectivity index (χ1v) is 8.56. The Morgan fingerprint density at radius 2 is 1.60 bits per heavy atom. The maximum Gasteiger partial charge on any atom is 0.225 e. The molecule has 1 heterocycles. The summed E-state index contributed by atoms with van der Waals surface area (Å²) in [7, 11) is 0. The molecule has 25 heavy (non-hydrogen) atoms. The Bertz CT molecular complexity index is 723. The summed E-state index contributed by atoms with van der Waals surface area (Å²) in [6.45, 7) is 4.17. The Balaban J connectivity index is 1.59. The number of hydrogen-bond donors (Lipinski definition) is 2. The van der Waals surface area contributed by atoms with E-state index in [1.807, 2.05) is 42.5 Å². The average Bonchev–Trinajstić information content (AvgIpc) is 2.63. The number of phenolic OH excluding ortho intramolecular Hbond substituents is 1. The molecule has 132 valence electrons. The van der Waals surface area contributed by atoms with Crippen LogP contribution in [0.5, 0.6) is 5.75 Å². The van der Waals surface area contributed by atoms with Gasteiger partial charge in [-0.1, -0.05) is 42.5 Å².